The standard InChI is InChI=1S/C17H19N3O2/c1-3-22-14-7-4-13(5-8-14)6-11-17(21)20-16-10-9-15(18)12(2)19-16/h4-11H,3,18H2,1-2H3,(H,19,20,21)/b11-6+. The topological polar surface area (TPSA) is 77.2 Å². The molecule has 22 heavy (non-hydrogen) atoms. The predicted molar refractivity (Wildman–Crippen MR) is 88.7 cm³/mol. The van der Waals surface area contributed by atoms with Crippen LogP contribution in [0.4, 0.5) is 11.5 Å². The number of nitrogens with two attached hydrogens (primary N) is 1. The summed E-state index contributed by atoms with van der Waals surface area (Å²) in [6.07, 6.45) is 3.19. The van der Waals surface area contributed by atoms with E-state index < -0.39 is 0 Å². The molecule has 5 heteroatoms. The van der Waals surface area contributed by atoms with Crippen molar-refractivity contribution in [2.45, 2.75) is 13.8 Å². The first-order valence-electron chi connectivity index (χ1n) is 7.03. The Kier molecular flexibility index (Phi) is 5.14. The number of aryl methyl sites for hydroxylation is 1. The number of hydrogen-bond acceptors (Lipinski definition) is 4. The number of nitrogens with zero attached hydrogens (tertiary/aromatic N) is 1. The Balaban J connectivity index is 1.97. The van der Waals surface area contributed by atoms with Gasteiger partial charge in [0.05, 0.1) is 18.0 Å². The lowest BCUT2D eigenvalue weighted by molar-refractivity contribution is -0.111. The van der Waals surface area contributed by atoms with Crippen LogP contribution < -0.4 is 15.8 Å². The molecule has 0 bridgehead atoms. The van der Waals surface area contributed by atoms with E-state index in [1.807, 2.05) is 31.2 Å². The Morgan fingerprint density at radius 1 is 1.27 bits per heavy atom. The van der Waals surface area contributed by atoms with Crippen molar-refractivity contribution in [2.24, 2.45) is 0 Å². The van der Waals surface area contributed by atoms with Crippen LogP contribution in [0, 0.1) is 6.92 Å². The summed E-state index contributed by atoms with van der Waals surface area (Å²) >= 11 is 0. The maximum Gasteiger partial charge on any atom is 0.249 e. The third kappa shape index (κ3) is 4.34. The van der Waals surface area contributed by atoms with Crippen molar-refractivity contribution in [2.75, 3.05) is 17.7 Å². The number of nitrogen functional groups attached to an aromatic ring is 1. The average Bonchev–Trinajstić information content (AvgIpc) is 2.51. The van der Waals surface area contributed by atoms with Gasteiger partial charge in [0.1, 0.15) is 11.6 Å². The number of nitrogens with one attached hydrogen (secondary N) is 1. The first-order chi connectivity index (χ1) is 10.6. The van der Waals surface area contributed by atoms with E-state index in [1.165, 1.54) is 6.08 Å². The molecule has 2 aromatic rings. The summed E-state index contributed by atoms with van der Waals surface area (Å²) < 4.78 is 5.36. The van der Waals surface area contributed by atoms with Gasteiger partial charge in [-0.15, -0.1) is 0 Å². The van der Waals surface area contributed by atoms with Crippen molar-refractivity contribution >= 4 is 23.5 Å². The number of anilines is 2. The number of ether oxygens (including phenoxy) is 1. The van der Waals surface area contributed by atoms with Crippen LogP contribution in [-0.2, 0) is 4.79 Å². The Bertz CT molecular complexity index is 679. The molecule has 1 amide bonds. The third-order valence-electron chi connectivity index (χ3n) is 3.00. The molecule has 0 saturated heterocycles. The summed E-state index contributed by atoms with van der Waals surface area (Å²) in [4.78, 5) is 16.0. The number of rotatable bonds is 5. The van der Waals surface area contributed by atoms with Gasteiger partial charge in [-0.1, -0.05) is 12.1 Å². The Labute approximate surface area is 129 Å². The zero-order valence-corrected chi connectivity index (χ0v) is 12.7. The van der Waals surface area contributed by atoms with E-state index >= 15 is 0 Å². The van der Waals surface area contributed by atoms with Gasteiger partial charge in [-0.3, -0.25) is 4.79 Å². The Morgan fingerprint density at radius 3 is 2.64 bits per heavy atom. The van der Waals surface area contributed by atoms with E-state index in [4.69, 9.17) is 10.5 Å². The van der Waals surface area contributed by atoms with Crippen molar-refractivity contribution in [1.29, 1.82) is 0 Å². The van der Waals surface area contributed by atoms with Gasteiger partial charge in [-0.25, -0.2) is 4.98 Å². The van der Waals surface area contributed by atoms with Crippen molar-refractivity contribution in [3.8, 4) is 5.75 Å². The van der Waals surface area contributed by atoms with E-state index in [9.17, 15) is 4.79 Å². The number of pyridine rings is 1. The van der Waals surface area contributed by atoms with E-state index in [1.54, 1.807) is 25.1 Å². The lowest BCUT2D eigenvalue weighted by Gasteiger charge is -2.04. The summed E-state index contributed by atoms with van der Waals surface area (Å²) in [5, 5.41) is 2.69. The van der Waals surface area contributed by atoms with Crippen molar-refractivity contribution < 1.29 is 9.53 Å². The average molecular weight is 297 g/mol. The van der Waals surface area contributed by atoms with E-state index in [0.717, 1.165) is 11.3 Å². The second kappa shape index (κ2) is 7.26. The van der Waals surface area contributed by atoms with Crippen LogP contribution in [0.15, 0.2) is 42.5 Å². The minimum absolute atomic E-state index is 0.245. The van der Waals surface area contributed by atoms with Gasteiger partial charge in [0.2, 0.25) is 5.91 Å². The van der Waals surface area contributed by atoms with Gasteiger partial charge >= 0.3 is 0 Å². The SMILES string of the molecule is CCOc1ccc(/C=C/C(=O)Nc2ccc(N)c(C)n2)cc1. The molecule has 0 radical (unpaired) electrons. The first kappa shape index (κ1) is 15.6. The largest absolute Gasteiger partial charge is 0.494 e. The zero-order chi connectivity index (χ0) is 15.9. The summed E-state index contributed by atoms with van der Waals surface area (Å²) in [6, 6.07) is 10.9. The number of carbonyl (C=O) groups excluding carboxylic acids is 1. The molecular formula is C17H19N3O2. The quantitative estimate of drug-likeness (QED) is 0.832. The predicted octanol–water partition coefficient (Wildman–Crippen LogP) is 3.02. The highest BCUT2D eigenvalue weighted by Gasteiger charge is 2.01. The van der Waals surface area contributed by atoms with Crippen molar-refractivity contribution in [3.05, 3.63) is 53.7 Å². The number of amides is 1. The van der Waals surface area contributed by atoms with Crippen LogP contribution >= 0.6 is 0 Å². The minimum Gasteiger partial charge on any atom is -0.494 e. The lowest BCUT2D eigenvalue weighted by atomic mass is 10.2. The maximum atomic E-state index is 11.9. The fraction of sp³-hybridized carbons (Fsp3) is 0.176. The maximum absolute atomic E-state index is 11.9. The molecule has 5 nitrogen and oxygen atoms in total. The highest BCUT2D eigenvalue weighted by molar-refractivity contribution is 6.01. The summed E-state index contributed by atoms with van der Waals surface area (Å²) in [7, 11) is 0. The van der Waals surface area contributed by atoms with Crippen LogP contribution in [-0.4, -0.2) is 17.5 Å². The van der Waals surface area contributed by atoms with Gasteiger partial charge in [-0.05, 0) is 49.8 Å². The molecule has 0 atom stereocenters. The molecule has 0 spiro atoms. The first-order valence-corrected chi connectivity index (χ1v) is 7.03. The minimum atomic E-state index is -0.245. The van der Waals surface area contributed by atoms with Crippen molar-refractivity contribution in [1.82, 2.24) is 4.98 Å². The molecule has 2 rings (SSSR count). The van der Waals surface area contributed by atoms with E-state index in [0.29, 0.717) is 23.8 Å². The van der Waals surface area contributed by atoms with Crippen molar-refractivity contribution in [3.63, 3.8) is 0 Å². The normalized spacial score (nSPS) is 10.6. The van der Waals surface area contributed by atoms with Crippen LogP contribution in [0.1, 0.15) is 18.2 Å². The molecule has 3 N–H and O–H groups in total. The fourth-order valence-corrected chi connectivity index (χ4v) is 1.82. The highest BCUT2D eigenvalue weighted by atomic mass is 16.5. The van der Waals surface area contributed by atoms with Gasteiger partial charge in [-0.2, -0.15) is 0 Å². The zero-order valence-electron chi connectivity index (χ0n) is 12.7. The van der Waals surface area contributed by atoms with E-state index in [2.05, 4.69) is 10.3 Å². The smallest absolute Gasteiger partial charge is 0.249 e. The summed E-state index contributed by atoms with van der Waals surface area (Å²) in [5.74, 6) is 1.05. The fourth-order valence-electron chi connectivity index (χ4n) is 1.82. The monoisotopic (exact) mass is 297 g/mol. The third-order valence-corrected chi connectivity index (χ3v) is 3.00. The molecule has 1 heterocycles. The van der Waals surface area contributed by atoms with Gasteiger partial charge in [0, 0.05) is 6.08 Å². The second-order valence-corrected chi connectivity index (χ2v) is 4.70. The molecule has 0 aliphatic carbocycles. The highest BCUT2D eigenvalue weighted by Crippen LogP contribution is 2.14. The van der Waals surface area contributed by atoms with Crippen LogP contribution in [0.2, 0.25) is 0 Å². The molecule has 0 unspecified atom stereocenters. The molecule has 1 aromatic heterocycles. The molecule has 1 aromatic carbocycles. The van der Waals surface area contributed by atoms with Crippen LogP contribution in [0.25, 0.3) is 6.08 Å². The molecule has 0 aliphatic heterocycles. The number of carbonyl (C=O) groups is 1. The Hall–Kier alpha value is -2.82. The van der Waals surface area contributed by atoms with Gasteiger partial charge < -0.3 is 15.8 Å². The van der Waals surface area contributed by atoms with Gasteiger partial charge in [0.15, 0.2) is 0 Å². The summed E-state index contributed by atoms with van der Waals surface area (Å²) in [6.45, 7) is 4.36. The molecule has 114 valence electrons. The number of benzene rings is 1. The molecule has 0 fully saturated rings. The number of hydrogen-bond donors (Lipinski definition) is 2. The number of aromatic nitrogens is 1. The summed E-state index contributed by atoms with van der Waals surface area (Å²) in [5.41, 5.74) is 7.89. The Morgan fingerprint density at radius 2 is 2.00 bits per heavy atom. The van der Waals surface area contributed by atoms with Crippen LogP contribution in [0.5, 0.6) is 5.75 Å². The second-order valence-electron chi connectivity index (χ2n) is 4.70. The van der Waals surface area contributed by atoms with Crippen LogP contribution in [0.3, 0.4) is 0 Å². The molecule has 0 saturated carbocycles. The van der Waals surface area contributed by atoms with Gasteiger partial charge in [0.25, 0.3) is 0 Å². The molecular weight excluding hydrogens is 278 g/mol. The van der Waals surface area contributed by atoms with E-state index in [-0.39, 0.29) is 5.91 Å². The lowest BCUT2D eigenvalue weighted by Crippen LogP contribution is -2.10. The molecule has 0 aliphatic rings.